The summed E-state index contributed by atoms with van der Waals surface area (Å²) in [4.78, 5) is 14.3. The molecule has 0 amide bonds. The molecule has 0 aliphatic carbocycles. The summed E-state index contributed by atoms with van der Waals surface area (Å²) in [6.07, 6.45) is 1.77. The van der Waals surface area contributed by atoms with E-state index in [-0.39, 0.29) is 10.5 Å². The van der Waals surface area contributed by atoms with E-state index in [1.165, 1.54) is 6.07 Å². The van der Waals surface area contributed by atoms with Gasteiger partial charge in [0.15, 0.2) is 0 Å². The average Bonchev–Trinajstić information content (AvgIpc) is 2.93. The molecule has 124 valence electrons. The number of fused-ring (bicyclic) bond motifs is 1. The third-order valence-electron chi connectivity index (χ3n) is 3.85. The third kappa shape index (κ3) is 2.85. The normalized spacial score (nSPS) is 11.6. The Kier molecular flexibility index (Phi) is 3.81. The van der Waals surface area contributed by atoms with Crippen molar-refractivity contribution in [1.29, 1.82) is 0 Å². The molecule has 3 rings (SSSR count). The fourth-order valence-electron chi connectivity index (χ4n) is 2.68. The number of anilines is 1. The summed E-state index contributed by atoms with van der Waals surface area (Å²) in [5.74, 6) is -1.15. The van der Waals surface area contributed by atoms with Crippen molar-refractivity contribution in [3.8, 4) is 0 Å². The van der Waals surface area contributed by atoms with E-state index in [0.29, 0.717) is 16.8 Å². The molecule has 3 N–H and O–H groups in total. The molecule has 7 heteroatoms. The van der Waals surface area contributed by atoms with Crippen LogP contribution in [-0.2, 0) is 10.0 Å². The van der Waals surface area contributed by atoms with Gasteiger partial charge in [0.05, 0.1) is 10.5 Å². The van der Waals surface area contributed by atoms with Crippen LogP contribution < -0.4 is 4.72 Å². The first kappa shape index (κ1) is 16.1. The predicted molar refractivity (Wildman–Crippen MR) is 92.0 cm³/mol. The number of benzene rings is 2. The zero-order valence-corrected chi connectivity index (χ0v) is 13.9. The van der Waals surface area contributed by atoms with Gasteiger partial charge in [0.25, 0.3) is 10.0 Å². The highest BCUT2D eigenvalue weighted by Crippen LogP contribution is 2.25. The number of hydrogen-bond donors (Lipinski definition) is 3. The first-order valence-electron chi connectivity index (χ1n) is 7.22. The Morgan fingerprint density at radius 1 is 1.08 bits per heavy atom. The summed E-state index contributed by atoms with van der Waals surface area (Å²) >= 11 is 0. The second kappa shape index (κ2) is 5.68. The Hall–Kier alpha value is -2.80. The van der Waals surface area contributed by atoms with Gasteiger partial charge in [0.2, 0.25) is 0 Å². The molecule has 1 aromatic heterocycles. The van der Waals surface area contributed by atoms with E-state index in [2.05, 4.69) is 9.71 Å². The molecule has 1 heterocycles. The van der Waals surface area contributed by atoms with E-state index in [1.807, 2.05) is 6.07 Å². The predicted octanol–water partition coefficient (Wildman–Crippen LogP) is 3.28. The summed E-state index contributed by atoms with van der Waals surface area (Å²) in [7, 11) is -3.89. The van der Waals surface area contributed by atoms with Crippen LogP contribution in [0.2, 0.25) is 0 Å². The Morgan fingerprint density at radius 2 is 1.83 bits per heavy atom. The molecule has 0 aliphatic heterocycles. The molecule has 0 fully saturated rings. The van der Waals surface area contributed by atoms with Crippen molar-refractivity contribution in [1.82, 2.24) is 4.98 Å². The summed E-state index contributed by atoms with van der Waals surface area (Å²) < 4.78 is 27.9. The fourth-order valence-corrected chi connectivity index (χ4v) is 3.98. The molecule has 24 heavy (non-hydrogen) atoms. The number of aromatic carboxylic acids is 1. The topological polar surface area (TPSA) is 99.3 Å². The van der Waals surface area contributed by atoms with Gasteiger partial charge in [0.1, 0.15) is 0 Å². The minimum absolute atomic E-state index is 0.0259. The molecule has 3 aromatic rings. The van der Waals surface area contributed by atoms with Crippen LogP contribution in [0.3, 0.4) is 0 Å². The molecule has 0 saturated heterocycles. The number of rotatable bonds is 4. The number of carbonyl (C=O) groups is 1. The molecule has 0 bridgehead atoms. The second-order valence-corrected chi connectivity index (χ2v) is 7.27. The van der Waals surface area contributed by atoms with Crippen LogP contribution in [0.5, 0.6) is 0 Å². The first-order chi connectivity index (χ1) is 11.3. The maximum Gasteiger partial charge on any atom is 0.335 e. The van der Waals surface area contributed by atoms with E-state index in [0.717, 1.165) is 10.9 Å². The zero-order valence-electron chi connectivity index (χ0n) is 13.1. The molecule has 0 aliphatic rings. The lowest BCUT2D eigenvalue weighted by molar-refractivity contribution is 0.0696. The van der Waals surface area contributed by atoms with Crippen LogP contribution in [0.4, 0.5) is 5.69 Å². The molecule has 6 nitrogen and oxygen atoms in total. The molecule has 0 saturated carbocycles. The van der Waals surface area contributed by atoms with Gasteiger partial charge in [-0.1, -0.05) is 6.07 Å². The standard InChI is InChI=1S/C17H16N2O4S/c1-10-7-11(2)16(9-14(10)17(20)21)24(22,23)19-13-3-4-15-12(8-13)5-6-18-15/h3-9,18-19H,1-2H3,(H,20,21). The Labute approximate surface area is 139 Å². The minimum atomic E-state index is -3.89. The number of aryl methyl sites for hydroxylation is 2. The van der Waals surface area contributed by atoms with Crippen molar-refractivity contribution in [3.63, 3.8) is 0 Å². The molecular weight excluding hydrogens is 328 g/mol. The van der Waals surface area contributed by atoms with Crippen molar-refractivity contribution < 1.29 is 18.3 Å². The molecular formula is C17H16N2O4S. The van der Waals surface area contributed by atoms with Crippen molar-refractivity contribution in [2.75, 3.05) is 4.72 Å². The number of aromatic nitrogens is 1. The number of carboxylic acids is 1. The minimum Gasteiger partial charge on any atom is -0.478 e. The Balaban J connectivity index is 2.04. The van der Waals surface area contributed by atoms with Crippen molar-refractivity contribution in [3.05, 3.63) is 59.3 Å². The van der Waals surface area contributed by atoms with Gasteiger partial charge in [-0.15, -0.1) is 0 Å². The number of nitrogens with one attached hydrogen (secondary N) is 2. The van der Waals surface area contributed by atoms with Crippen molar-refractivity contribution in [2.24, 2.45) is 0 Å². The Bertz CT molecular complexity index is 1050. The monoisotopic (exact) mass is 344 g/mol. The Morgan fingerprint density at radius 3 is 2.54 bits per heavy atom. The fraction of sp³-hybridized carbons (Fsp3) is 0.118. The van der Waals surface area contributed by atoms with Crippen molar-refractivity contribution in [2.45, 2.75) is 18.7 Å². The smallest absolute Gasteiger partial charge is 0.335 e. The van der Waals surface area contributed by atoms with Gasteiger partial charge < -0.3 is 10.1 Å². The average molecular weight is 344 g/mol. The highest BCUT2D eigenvalue weighted by molar-refractivity contribution is 7.92. The number of carboxylic acid groups (broad SMARTS) is 1. The van der Waals surface area contributed by atoms with Gasteiger partial charge in [0, 0.05) is 22.8 Å². The van der Waals surface area contributed by atoms with E-state index in [1.54, 1.807) is 44.3 Å². The number of hydrogen-bond acceptors (Lipinski definition) is 3. The SMILES string of the molecule is Cc1cc(C)c(S(=O)(=O)Nc2ccc3[nH]ccc3c2)cc1C(=O)O. The molecule has 0 atom stereocenters. The second-order valence-electron chi connectivity index (χ2n) is 5.62. The highest BCUT2D eigenvalue weighted by atomic mass is 32.2. The van der Waals surface area contributed by atoms with Crippen LogP contribution in [-0.4, -0.2) is 24.5 Å². The summed E-state index contributed by atoms with van der Waals surface area (Å²) in [6.45, 7) is 3.28. The van der Waals surface area contributed by atoms with E-state index < -0.39 is 16.0 Å². The van der Waals surface area contributed by atoms with E-state index in [4.69, 9.17) is 0 Å². The maximum absolute atomic E-state index is 12.7. The van der Waals surface area contributed by atoms with Crippen LogP contribution in [0.1, 0.15) is 21.5 Å². The van der Waals surface area contributed by atoms with E-state index in [9.17, 15) is 18.3 Å². The number of aromatic amines is 1. The molecule has 0 spiro atoms. The lowest BCUT2D eigenvalue weighted by Crippen LogP contribution is -2.15. The van der Waals surface area contributed by atoms with Crippen LogP contribution in [0.15, 0.2) is 47.5 Å². The van der Waals surface area contributed by atoms with E-state index >= 15 is 0 Å². The van der Waals surface area contributed by atoms with Crippen LogP contribution in [0, 0.1) is 13.8 Å². The van der Waals surface area contributed by atoms with Crippen LogP contribution >= 0.6 is 0 Å². The third-order valence-corrected chi connectivity index (χ3v) is 5.37. The summed E-state index contributed by atoms with van der Waals surface area (Å²) in [6, 6.07) is 9.74. The van der Waals surface area contributed by atoms with Crippen molar-refractivity contribution >= 4 is 32.6 Å². The maximum atomic E-state index is 12.7. The number of sulfonamides is 1. The van der Waals surface area contributed by atoms with Crippen LogP contribution in [0.25, 0.3) is 10.9 Å². The molecule has 0 unspecified atom stereocenters. The molecule has 2 aromatic carbocycles. The van der Waals surface area contributed by atoms with Gasteiger partial charge in [-0.2, -0.15) is 0 Å². The first-order valence-corrected chi connectivity index (χ1v) is 8.71. The quantitative estimate of drug-likeness (QED) is 0.676. The zero-order chi connectivity index (χ0) is 17.5. The largest absolute Gasteiger partial charge is 0.478 e. The lowest BCUT2D eigenvalue weighted by Gasteiger charge is -2.13. The lowest BCUT2D eigenvalue weighted by atomic mass is 10.1. The van der Waals surface area contributed by atoms with Gasteiger partial charge in [-0.3, -0.25) is 4.72 Å². The highest BCUT2D eigenvalue weighted by Gasteiger charge is 2.21. The van der Waals surface area contributed by atoms with Gasteiger partial charge >= 0.3 is 5.97 Å². The molecule has 0 radical (unpaired) electrons. The van der Waals surface area contributed by atoms with Gasteiger partial charge in [-0.05, 0) is 55.3 Å². The van der Waals surface area contributed by atoms with Gasteiger partial charge in [-0.25, -0.2) is 13.2 Å². The number of H-pyrrole nitrogens is 1. The summed E-state index contributed by atoms with van der Waals surface area (Å²) in [5, 5.41) is 10.1. The summed E-state index contributed by atoms with van der Waals surface area (Å²) in [5.41, 5.74) is 2.30.